The van der Waals surface area contributed by atoms with Gasteiger partial charge >= 0.3 is 5.97 Å². The SMILES string of the molecule is CC(C)CC(C)(C(=O)OC12CC3CC(CC(O)(C3)C1)C2)C(C)C. The van der Waals surface area contributed by atoms with Crippen molar-refractivity contribution in [2.75, 3.05) is 0 Å². The summed E-state index contributed by atoms with van der Waals surface area (Å²) in [6.45, 7) is 10.6. The van der Waals surface area contributed by atoms with E-state index >= 15 is 0 Å². The van der Waals surface area contributed by atoms with E-state index in [1.165, 1.54) is 6.42 Å². The van der Waals surface area contributed by atoms with Crippen molar-refractivity contribution >= 4 is 5.97 Å². The van der Waals surface area contributed by atoms with Crippen molar-refractivity contribution in [2.24, 2.45) is 29.1 Å². The van der Waals surface area contributed by atoms with Crippen LogP contribution in [0, 0.1) is 29.1 Å². The number of carbonyl (C=O) groups is 1. The van der Waals surface area contributed by atoms with Gasteiger partial charge in [0.25, 0.3) is 0 Å². The molecule has 132 valence electrons. The molecular formula is C20H34O3. The Morgan fingerprint density at radius 2 is 1.74 bits per heavy atom. The van der Waals surface area contributed by atoms with Gasteiger partial charge in [0.05, 0.1) is 11.0 Å². The normalized spacial score (nSPS) is 41.4. The van der Waals surface area contributed by atoms with E-state index in [1.54, 1.807) is 0 Å². The van der Waals surface area contributed by atoms with Gasteiger partial charge in [-0.15, -0.1) is 0 Å². The average molecular weight is 322 g/mol. The Balaban J connectivity index is 1.79. The first-order valence-corrected chi connectivity index (χ1v) is 9.52. The van der Waals surface area contributed by atoms with Crippen LogP contribution in [0.25, 0.3) is 0 Å². The standard InChI is InChI=1S/C20H34O3/c1-13(2)7-18(5,14(3)4)17(21)23-20-10-15-6-16(11-20)9-19(22,8-15)12-20/h13-16,22H,6-12H2,1-5H3. The fourth-order valence-electron chi connectivity index (χ4n) is 5.97. The molecule has 4 fully saturated rings. The third-order valence-electron chi connectivity index (χ3n) is 6.86. The van der Waals surface area contributed by atoms with Crippen LogP contribution in [0.15, 0.2) is 0 Å². The molecule has 3 unspecified atom stereocenters. The van der Waals surface area contributed by atoms with Gasteiger partial charge in [-0.3, -0.25) is 4.79 Å². The van der Waals surface area contributed by atoms with Crippen molar-refractivity contribution in [3.8, 4) is 0 Å². The summed E-state index contributed by atoms with van der Waals surface area (Å²) in [6.07, 6.45) is 6.49. The topological polar surface area (TPSA) is 46.5 Å². The fourth-order valence-corrected chi connectivity index (χ4v) is 5.97. The molecule has 4 aliphatic rings. The molecule has 0 aromatic carbocycles. The zero-order valence-corrected chi connectivity index (χ0v) is 15.5. The van der Waals surface area contributed by atoms with Crippen molar-refractivity contribution in [1.29, 1.82) is 0 Å². The molecule has 3 atom stereocenters. The van der Waals surface area contributed by atoms with Gasteiger partial charge in [-0.25, -0.2) is 0 Å². The van der Waals surface area contributed by atoms with Crippen LogP contribution in [-0.2, 0) is 9.53 Å². The van der Waals surface area contributed by atoms with Crippen LogP contribution in [0.3, 0.4) is 0 Å². The van der Waals surface area contributed by atoms with Crippen molar-refractivity contribution in [3.05, 3.63) is 0 Å². The minimum Gasteiger partial charge on any atom is -0.459 e. The molecule has 0 aromatic rings. The molecule has 4 aliphatic carbocycles. The van der Waals surface area contributed by atoms with Gasteiger partial charge in [-0.1, -0.05) is 27.7 Å². The van der Waals surface area contributed by atoms with Gasteiger partial charge in [0.1, 0.15) is 5.60 Å². The highest BCUT2D eigenvalue weighted by atomic mass is 16.6. The van der Waals surface area contributed by atoms with Crippen molar-refractivity contribution < 1.29 is 14.6 Å². The number of carbonyl (C=O) groups excluding carboxylic acids is 1. The van der Waals surface area contributed by atoms with Crippen molar-refractivity contribution in [2.45, 2.75) is 90.8 Å². The van der Waals surface area contributed by atoms with E-state index in [0.717, 1.165) is 32.1 Å². The molecule has 0 aliphatic heterocycles. The molecule has 3 nitrogen and oxygen atoms in total. The molecule has 4 bridgehead atoms. The number of hydrogen-bond acceptors (Lipinski definition) is 3. The predicted molar refractivity (Wildman–Crippen MR) is 90.9 cm³/mol. The second-order valence-corrected chi connectivity index (χ2v) is 9.93. The van der Waals surface area contributed by atoms with E-state index in [4.69, 9.17) is 4.74 Å². The third kappa shape index (κ3) is 3.06. The summed E-state index contributed by atoms with van der Waals surface area (Å²) in [7, 11) is 0. The molecular weight excluding hydrogens is 288 g/mol. The molecule has 3 heteroatoms. The second-order valence-electron chi connectivity index (χ2n) is 9.93. The Bertz CT molecular complexity index is 467. The lowest BCUT2D eigenvalue weighted by Gasteiger charge is -2.59. The first kappa shape index (κ1) is 17.3. The minimum atomic E-state index is -0.573. The lowest BCUT2D eigenvalue weighted by Crippen LogP contribution is -2.61. The Hall–Kier alpha value is -0.570. The van der Waals surface area contributed by atoms with Crippen LogP contribution >= 0.6 is 0 Å². The summed E-state index contributed by atoms with van der Waals surface area (Å²) in [5, 5.41) is 10.8. The Morgan fingerprint density at radius 3 is 2.17 bits per heavy atom. The molecule has 4 rings (SSSR count). The van der Waals surface area contributed by atoms with Crippen LogP contribution in [0.2, 0.25) is 0 Å². The average Bonchev–Trinajstić information content (AvgIpc) is 2.33. The molecule has 1 N–H and O–H groups in total. The number of esters is 1. The summed E-state index contributed by atoms with van der Waals surface area (Å²) in [5.41, 5.74) is -1.39. The van der Waals surface area contributed by atoms with Gasteiger partial charge in [0.2, 0.25) is 0 Å². The Morgan fingerprint density at radius 1 is 1.17 bits per heavy atom. The third-order valence-corrected chi connectivity index (χ3v) is 6.86. The zero-order chi connectivity index (χ0) is 17.0. The number of rotatable bonds is 5. The van der Waals surface area contributed by atoms with Crippen LogP contribution in [0.5, 0.6) is 0 Å². The van der Waals surface area contributed by atoms with Gasteiger partial charge < -0.3 is 9.84 Å². The van der Waals surface area contributed by atoms with E-state index in [2.05, 4.69) is 34.6 Å². The maximum Gasteiger partial charge on any atom is 0.312 e. The smallest absolute Gasteiger partial charge is 0.312 e. The highest BCUT2D eigenvalue weighted by molar-refractivity contribution is 5.77. The molecule has 0 heterocycles. The summed E-state index contributed by atoms with van der Waals surface area (Å²) < 4.78 is 6.24. The van der Waals surface area contributed by atoms with Crippen LogP contribution < -0.4 is 0 Å². The fraction of sp³-hybridized carbons (Fsp3) is 0.950. The quantitative estimate of drug-likeness (QED) is 0.767. The van der Waals surface area contributed by atoms with E-state index < -0.39 is 11.0 Å². The first-order valence-electron chi connectivity index (χ1n) is 9.52. The van der Waals surface area contributed by atoms with Crippen LogP contribution in [0.4, 0.5) is 0 Å². The van der Waals surface area contributed by atoms with Gasteiger partial charge in [-0.2, -0.15) is 0 Å². The number of ether oxygens (including phenoxy) is 1. The molecule has 4 saturated carbocycles. The lowest BCUT2D eigenvalue weighted by molar-refractivity contribution is -0.227. The lowest BCUT2D eigenvalue weighted by atomic mass is 9.52. The minimum absolute atomic E-state index is 0.0354. The number of aliphatic hydroxyl groups is 1. The molecule has 0 amide bonds. The van der Waals surface area contributed by atoms with Crippen molar-refractivity contribution in [3.63, 3.8) is 0 Å². The molecule has 0 aromatic heterocycles. The van der Waals surface area contributed by atoms with Gasteiger partial charge in [0.15, 0.2) is 0 Å². The molecule has 0 spiro atoms. The largest absolute Gasteiger partial charge is 0.459 e. The Kier molecular flexibility index (Phi) is 4.11. The zero-order valence-electron chi connectivity index (χ0n) is 15.5. The summed E-state index contributed by atoms with van der Waals surface area (Å²) in [4.78, 5) is 13.1. The maximum atomic E-state index is 13.1. The van der Waals surface area contributed by atoms with Gasteiger partial charge in [-0.05, 0) is 69.1 Å². The second kappa shape index (κ2) is 5.47. The number of hydrogen-bond donors (Lipinski definition) is 1. The van der Waals surface area contributed by atoms with Gasteiger partial charge in [0, 0.05) is 6.42 Å². The highest BCUT2D eigenvalue weighted by Gasteiger charge is 2.60. The van der Waals surface area contributed by atoms with Crippen LogP contribution in [0.1, 0.15) is 79.6 Å². The van der Waals surface area contributed by atoms with E-state index in [9.17, 15) is 9.90 Å². The Labute approximate surface area is 141 Å². The van der Waals surface area contributed by atoms with E-state index in [1.807, 2.05) is 0 Å². The van der Waals surface area contributed by atoms with Crippen molar-refractivity contribution in [1.82, 2.24) is 0 Å². The molecule has 23 heavy (non-hydrogen) atoms. The predicted octanol–water partition coefficient (Wildman–Crippen LogP) is 4.32. The highest BCUT2D eigenvalue weighted by Crippen LogP contribution is 2.59. The molecule has 0 radical (unpaired) electrons. The van der Waals surface area contributed by atoms with E-state index in [-0.39, 0.29) is 17.5 Å². The van der Waals surface area contributed by atoms with Crippen LogP contribution in [-0.4, -0.2) is 22.3 Å². The monoisotopic (exact) mass is 322 g/mol. The molecule has 0 saturated heterocycles. The first-order chi connectivity index (χ1) is 10.6. The van der Waals surface area contributed by atoms with E-state index in [0.29, 0.717) is 24.2 Å². The maximum absolute atomic E-state index is 13.1. The summed E-state index contributed by atoms with van der Waals surface area (Å²) in [5.74, 6) is 1.78. The summed E-state index contributed by atoms with van der Waals surface area (Å²) in [6, 6.07) is 0. The summed E-state index contributed by atoms with van der Waals surface area (Å²) >= 11 is 0.